The fraction of sp³-hybridized carbons (Fsp3) is 0.150. The number of benzene rings is 1. The van der Waals surface area contributed by atoms with E-state index in [1.807, 2.05) is 54.1 Å². The van der Waals surface area contributed by atoms with Crippen molar-refractivity contribution in [1.29, 1.82) is 0 Å². The fourth-order valence-electron chi connectivity index (χ4n) is 2.87. The Labute approximate surface area is 167 Å². The number of aromatic nitrogens is 5. The maximum absolute atomic E-state index is 6.12. The molecule has 3 heterocycles. The second kappa shape index (κ2) is 8.14. The highest BCUT2D eigenvalue weighted by Gasteiger charge is 2.12. The first kappa shape index (κ1) is 18.1. The minimum atomic E-state index is 0.142. The van der Waals surface area contributed by atoms with E-state index in [0.29, 0.717) is 23.5 Å². The van der Waals surface area contributed by atoms with Gasteiger partial charge in [-0.15, -0.1) is 0 Å². The van der Waals surface area contributed by atoms with Crippen molar-refractivity contribution in [2.75, 3.05) is 5.43 Å². The van der Waals surface area contributed by atoms with Crippen LogP contribution < -0.4 is 5.43 Å². The zero-order valence-electron chi connectivity index (χ0n) is 15.2. The Hall–Kier alpha value is -3.32. The number of rotatable bonds is 6. The van der Waals surface area contributed by atoms with Crippen molar-refractivity contribution < 1.29 is 0 Å². The lowest BCUT2D eigenvalue weighted by molar-refractivity contribution is 0.707. The van der Waals surface area contributed by atoms with Gasteiger partial charge in [0.05, 0.1) is 12.5 Å². The highest BCUT2D eigenvalue weighted by molar-refractivity contribution is 6.28. The summed E-state index contributed by atoms with van der Waals surface area (Å²) in [5.41, 5.74) is 7.52. The van der Waals surface area contributed by atoms with E-state index in [9.17, 15) is 0 Å². The van der Waals surface area contributed by atoms with Crippen molar-refractivity contribution in [2.45, 2.75) is 19.9 Å². The molecule has 8 heteroatoms. The van der Waals surface area contributed by atoms with Gasteiger partial charge in [0.25, 0.3) is 0 Å². The summed E-state index contributed by atoms with van der Waals surface area (Å²) in [7, 11) is 0. The Balaban J connectivity index is 1.55. The Bertz CT molecular complexity index is 1120. The molecule has 0 aliphatic rings. The smallest absolute Gasteiger partial charge is 0.226 e. The monoisotopic (exact) mass is 391 g/mol. The van der Waals surface area contributed by atoms with Crippen LogP contribution in [0.3, 0.4) is 0 Å². The van der Waals surface area contributed by atoms with E-state index < -0.39 is 0 Å². The van der Waals surface area contributed by atoms with Crippen molar-refractivity contribution in [2.24, 2.45) is 5.10 Å². The number of hydrogen-bond donors (Lipinski definition) is 1. The van der Waals surface area contributed by atoms with Crippen LogP contribution in [-0.4, -0.2) is 30.7 Å². The van der Waals surface area contributed by atoms with Crippen molar-refractivity contribution in [1.82, 2.24) is 24.5 Å². The minimum absolute atomic E-state index is 0.142. The molecule has 7 nitrogen and oxygen atoms in total. The van der Waals surface area contributed by atoms with Crippen molar-refractivity contribution in [3.8, 4) is 0 Å². The summed E-state index contributed by atoms with van der Waals surface area (Å²) in [5.74, 6) is 0.471. The first-order valence-corrected chi connectivity index (χ1v) is 9.20. The van der Waals surface area contributed by atoms with E-state index >= 15 is 0 Å². The van der Waals surface area contributed by atoms with Gasteiger partial charge in [0, 0.05) is 18.9 Å². The summed E-state index contributed by atoms with van der Waals surface area (Å²) < 4.78 is 1.95. The van der Waals surface area contributed by atoms with Crippen molar-refractivity contribution >= 4 is 34.8 Å². The maximum Gasteiger partial charge on any atom is 0.226 e. The van der Waals surface area contributed by atoms with Gasteiger partial charge >= 0.3 is 0 Å². The number of hydrazone groups is 1. The highest BCUT2D eigenvalue weighted by atomic mass is 35.5. The molecule has 0 unspecified atom stereocenters. The molecule has 0 saturated heterocycles. The maximum atomic E-state index is 6.12. The van der Waals surface area contributed by atoms with Gasteiger partial charge in [-0.05, 0) is 42.1 Å². The molecule has 0 aliphatic carbocycles. The molecular formula is C20H18ClN7. The van der Waals surface area contributed by atoms with Gasteiger partial charge in [0.15, 0.2) is 17.0 Å². The van der Waals surface area contributed by atoms with Crippen LogP contribution in [0.5, 0.6) is 0 Å². The molecule has 4 aromatic rings. The van der Waals surface area contributed by atoms with Crippen LogP contribution in [0.2, 0.25) is 5.28 Å². The molecule has 0 aliphatic heterocycles. The van der Waals surface area contributed by atoms with E-state index in [2.05, 4.69) is 30.5 Å². The largest absolute Gasteiger partial charge is 0.315 e. The highest BCUT2D eigenvalue weighted by Crippen LogP contribution is 2.21. The molecule has 1 N–H and O–H groups in total. The van der Waals surface area contributed by atoms with Crippen molar-refractivity contribution in [3.05, 3.63) is 77.1 Å². The van der Waals surface area contributed by atoms with E-state index in [0.717, 1.165) is 17.5 Å². The lowest BCUT2D eigenvalue weighted by Gasteiger charge is -2.05. The van der Waals surface area contributed by atoms with Crippen LogP contribution in [0.4, 0.5) is 5.82 Å². The summed E-state index contributed by atoms with van der Waals surface area (Å²) in [6, 6.07) is 12.0. The molecule has 0 saturated carbocycles. The number of nitrogens with one attached hydrogen (secondary N) is 1. The standard InChI is InChI=1S/C20H18ClN7/c1-14-4-2-5-16(10-14)12-24-27-18-17-19(26-20(21)25-18)28(13-23-17)9-7-15-6-3-8-22-11-15/h2-6,8,10-13H,7,9H2,1H3,(H,25,26,27)/b24-12+. The van der Waals surface area contributed by atoms with Crippen LogP contribution >= 0.6 is 11.6 Å². The number of fused-ring (bicyclic) bond motifs is 1. The molecule has 28 heavy (non-hydrogen) atoms. The molecule has 3 aromatic heterocycles. The molecule has 140 valence electrons. The summed E-state index contributed by atoms with van der Waals surface area (Å²) in [6.07, 6.45) is 7.90. The number of anilines is 1. The van der Waals surface area contributed by atoms with E-state index in [-0.39, 0.29) is 5.28 Å². The molecule has 0 spiro atoms. The average molecular weight is 392 g/mol. The lowest BCUT2D eigenvalue weighted by Crippen LogP contribution is -2.03. The Morgan fingerprint density at radius 1 is 1.21 bits per heavy atom. The van der Waals surface area contributed by atoms with Gasteiger partial charge in [-0.1, -0.05) is 35.9 Å². The third kappa shape index (κ3) is 4.15. The number of nitrogens with zero attached hydrogens (tertiary/aromatic N) is 6. The Morgan fingerprint density at radius 3 is 2.96 bits per heavy atom. The zero-order valence-corrected chi connectivity index (χ0v) is 16.0. The van der Waals surface area contributed by atoms with Gasteiger partial charge in [0.1, 0.15) is 0 Å². The van der Waals surface area contributed by atoms with E-state index in [1.54, 1.807) is 18.7 Å². The Kier molecular flexibility index (Phi) is 5.25. The number of aryl methyl sites for hydroxylation is 3. The first-order valence-electron chi connectivity index (χ1n) is 8.82. The van der Waals surface area contributed by atoms with Crippen LogP contribution in [0.25, 0.3) is 11.2 Å². The number of pyridine rings is 1. The third-order valence-corrected chi connectivity index (χ3v) is 4.40. The van der Waals surface area contributed by atoms with Crippen LogP contribution in [0.1, 0.15) is 16.7 Å². The SMILES string of the molecule is Cc1cccc(/C=N/Nc2nc(Cl)nc3c2ncn3CCc2cccnc2)c1. The molecular weight excluding hydrogens is 374 g/mol. The van der Waals surface area contributed by atoms with E-state index in [1.165, 1.54) is 5.56 Å². The predicted molar refractivity (Wildman–Crippen MR) is 111 cm³/mol. The molecule has 0 bridgehead atoms. The topological polar surface area (TPSA) is 80.9 Å². The number of hydrogen-bond acceptors (Lipinski definition) is 6. The normalized spacial score (nSPS) is 11.4. The molecule has 0 radical (unpaired) electrons. The molecule has 0 amide bonds. The predicted octanol–water partition coefficient (Wildman–Crippen LogP) is 3.87. The summed E-state index contributed by atoms with van der Waals surface area (Å²) in [5, 5.41) is 4.41. The molecule has 1 aromatic carbocycles. The average Bonchev–Trinajstić information content (AvgIpc) is 3.10. The second-order valence-corrected chi connectivity index (χ2v) is 6.68. The molecule has 0 fully saturated rings. The van der Waals surface area contributed by atoms with E-state index in [4.69, 9.17) is 11.6 Å². The van der Waals surface area contributed by atoms with Crippen molar-refractivity contribution in [3.63, 3.8) is 0 Å². The fourth-order valence-corrected chi connectivity index (χ4v) is 3.04. The molecule has 0 atom stereocenters. The third-order valence-electron chi connectivity index (χ3n) is 4.23. The van der Waals surface area contributed by atoms with Crippen LogP contribution in [0.15, 0.2) is 60.2 Å². The number of imidazole rings is 1. The summed E-state index contributed by atoms with van der Waals surface area (Å²) >= 11 is 6.12. The summed E-state index contributed by atoms with van der Waals surface area (Å²) in [6.45, 7) is 2.75. The molecule has 4 rings (SSSR count). The second-order valence-electron chi connectivity index (χ2n) is 6.35. The van der Waals surface area contributed by atoms with Gasteiger partial charge in [-0.3, -0.25) is 10.4 Å². The van der Waals surface area contributed by atoms with Gasteiger partial charge in [-0.25, -0.2) is 4.98 Å². The van der Waals surface area contributed by atoms with Gasteiger partial charge in [-0.2, -0.15) is 15.1 Å². The van der Waals surface area contributed by atoms with Crippen LogP contribution in [0, 0.1) is 6.92 Å². The van der Waals surface area contributed by atoms with Gasteiger partial charge in [0.2, 0.25) is 5.28 Å². The Morgan fingerprint density at radius 2 is 2.14 bits per heavy atom. The summed E-state index contributed by atoms with van der Waals surface area (Å²) in [4.78, 5) is 17.1. The number of halogens is 1. The lowest BCUT2D eigenvalue weighted by atomic mass is 10.2. The zero-order chi connectivity index (χ0) is 19.3. The van der Waals surface area contributed by atoms with Crippen LogP contribution in [-0.2, 0) is 13.0 Å². The van der Waals surface area contributed by atoms with Gasteiger partial charge < -0.3 is 4.57 Å². The first-order chi connectivity index (χ1) is 13.7. The minimum Gasteiger partial charge on any atom is -0.315 e. The quantitative estimate of drug-likeness (QED) is 0.306.